The molecule has 0 spiro atoms. The summed E-state index contributed by atoms with van der Waals surface area (Å²) in [4.78, 5) is 0. The van der Waals surface area contributed by atoms with Crippen LogP contribution in [0.3, 0.4) is 0 Å². The third kappa shape index (κ3) is 3.24. The molecule has 0 aromatic carbocycles. The van der Waals surface area contributed by atoms with Crippen LogP contribution in [0.25, 0.3) is 0 Å². The van der Waals surface area contributed by atoms with Crippen LogP contribution in [0.2, 0.25) is 0 Å². The summed E-state index contributed by atoms with van der Waals surface area (Å²) in [5.41, 5.74) is 0. The summed E-state index contributed by atoms with van der Waals surface area (Å²) >= 11 is 0. The van der Waals surface area contributed by atoms with Gasteiger partial charge in [0, 0.05) is 5.25 Å². The maximum atomic E-state index is 5.46. The first-order valence-corrected chi connectivity index (χ1v) is 4.16. The van der Waals surface area contributed by atoms with Crippen molar-refractivity contribution in [1.29, 1.82) is 0 Å². The second-order valence-electron chi connectivity index (χ2n) is 2.04. The van der Waals surface area contributed by atoms with Gasteiger partial charge in [0.2, 0.25) is 0 Å². The van der Waals surface area contributed by atoms with Crippen molar-refractivity contribution in [1.82, 2.24) is 0 Å². The number of hydrogen-bond donors (Lipinski definition) is 0. The molecule has 2 heteroatoms. The molecule has 0 aromatic heterocycles. The summed E-state index contributed by atoms with van der Waals surface area (Å²) in [6, 6.07) is 0. The SMILES string of the molecule is CC(C)C(C)SCl. The fourth-order valence-corrected chi connectivity index (χ4v) is 0.926. The molecule has 0 radical (unpaired) electrons. The minimum Gasteiger partial charge on any atom is -0.0617 e. The lowest BCUT2D eigenvalue weighted by atomic mass is 10.2. The zero-order chi connectivity index (χ0) is 5.86. The number of rotatable bonds is 2. The van der Waals surface area contributed by atoms with Gasteiger partial charge in [0.25, 0.3) is 0 Å². The third-order valence-corrected chi connectivity index (χ3v) is 2.75. The van der Waals surface area contributed by atoms with Crippen LogP contribution in [0.5, 0.6) is 0 Å². The van der Waals surface area contributed by atoms with Gasteiger partial charge in [-0.15, -0.1) is 0 Å². The Balaban J connectivity index is 3.14. The monoisotopic (exact) mass is 138 g/mol. The zero-order valence-electron chi connectivity index (χ0n) is 4.94. The first-order chi connectivity index (χ1) is 3.18. The lowest BCUT2D eigenvalue weighted by Gasteiger charge is -2.08. The van der Waals surface area contributed by atoms with Gasteiger partial charge in [-0.1, -0.05) is 31.7 Å². The van der Waals surface area contributed by atoms with E-state index in [1.165, 1.54) is 11.0 Å². The highest BCUT2D eigenvalue weighted by atomic mass is 35.7. The molecule has 0 aliphatic rings. The van der Waals surface area contributed by atoms with Crippen molar-refractivity contribution in [3.63, 3.8) is 0 Å². The van der Waals surface area contributed by atoms with Gasteiger partial charge in [-0.05, 0) is 16.6 Å². The van der Waals surface area contributed by atoms with E-state index >= 15 is 0 Å². The van der Waals surface area contributed by atoms with Gasteiger partial charge in [-0.25, -0.2) is 0 Å². The van der Waals surface area contributed by atoms with Crippen LogP contribution >= 0.6 is 21.7 Å². The van der Waals surface area contributed by atoms with Gasteiger partial charge in [0.1, 0.15) is 0 Å². The summed E-state index contributed by atoms with van der Waals surface area (Å²) in [5.74, 6) is 0.697. The molecule has 0 fully saturated rings. The molecule has 7 heavy (non-hydrogen) atoms. The summed E-state index contributed by atoms with van der Waals surface area (Å²) in [6.45, 7) is 6.46. The van der Waals surface area contributed by atoms with E-state index in [9.17, 15) is 0 Å². The fraction of sp³-hybridized carbons (Fsp3) is 1.00. The van der Waals surface area contributed by atoms with Crippen LogP contribution in [0.4, 0.5) is 0 Å². The minimum atomic E-state index is 0.585. The highest BCUT2D eigenvalue weighted by Crippen LogP contribution is 2.21. The van der Waals surface area contributed by atoms with Gasteiger partial charge in [-0.2, -0.15) is 0 Å². The normalized spacial score (nSPS) is 15.0. The summed E-state index contributed by atoms with van der Waals surface area (Å²) in [5, 5.41) is 0.585. The Hall–Kier alpha value is 0.640. The quantitative estimate of drug-likeness (QED) is 0.566. The molecule has 44 valence electrons. The highest BCUT2D eigenvalue weighted by Gasteiger charge is 2.03. The summed E-state index contributed by atoms with van der Waals surface area (Å²) in [7, 11) is 6.87. The second kappa shape index (κ2) is 3.62. The standard InChI is InChI=1S/C5H11ClS/c1-4(2)5(3)7-6/h4-5H,1-3H3. The lowest BCUT2D eigenvalue weighted by molar-refractivity contribution is 0.645. The lowest BCUT2D eigenvalue weighted by Crippen LogP contribution is -2.02. The zero-order valence-corrected chi connectivity index (χ0v) is 6.51. The Bertz CT molecular complexity index is 45.3. The van der Waals surface area contributed by atoms with E-state index < -0.39 is 0 Å². The van der Waals surface area contributed by atoms with Crippen molar-refractivity contribution in [3.05, 3.63) is 0 Å². The van der Waals surface area contributed by atoms with Gasteiger partial charge in [0.05, 0.1) is 0 Å². The molecule has 0 rings (SSSR count). The van der Waals surface area contributed by atoms with Crippen LogP contribution in [-0.4, -0.2) is 5.25 Å². The molecule has 0 bridgehead atoms. The largest absolute Gasteiger partial charge is 0.0617 e. The van der Waals surface area contributed by atoms with Crippen LogP contribution in [0, 0.1) is 5.92 Å². The van der Waals surface area contributed by atoms with E-state index in [0.717, 1.165) is 0 Å². The molecular weight excluding hydrogens is 128 g/mol. The van der Waals surface area contributed by atoms with Crippen molar-refractivity contribution in [2.75, 3.05) is 0 Å². The minimum absolute atomic E-state index is 0.585. The molecule has 0 aliphatic carbocycles. The first kappa shape index (κ1) is 7.64. The van der Waals surface area contributed by atoms with E-state index in [-0.39, 0.29) is 0 Å². The first-order valence-electron chi connectivity index (χ1n) is 2.46. The van der Waals surface area contributed by atoms with E-state index in [2.05, 4.69) is 20.8 Å². The van der Waals surface area contributed by atoms with Gasteiger partial charge >= 0.3 is 0 Å². The molecule has 0 heterocycles. The van der Waals surface area contributed by atoms with E-state index in [4.69, 9.17) is 10.7 Å². The molecular formula is C5H11ClS. The Labute approximate surface area is 54.1 Å². The molecule has 0 nitrogen and oxygen atoms in total. The molecule has 0 aliphatic heterocycles. The fourth-order valence-electron chi connectivity index (χ4n) is 0.103. The van der Waals surface area contributed by atoms with Crippen LogP contribution in [0.15, 0.2) is 0 Å². The molecule has 0 saturated carbocycles. The van der Waals surface area contributed by atoms with Crippen molar-refractivity contribution in [3.8, 4) is 0 Å². The van der Waals surface area contributed by atoms with E-state index in [1.54, 1.807) is 0 Å². The molecule has 1 unspecified atom stereocenters. The molecule has 0 amide bonds. The van der Waals surface area contributed by atoms with Crippen LogP contribution in [-0.2, 0) is 0 Å². The topological polar surface area (TPSA) is 0 Å². The maximum absolute atomic E-state index is 5.46. The van der Waals surface area contributed by atoms with Crippen molar-refractivity contribution < 1.29 is 0 Å². The smallest absolute Gasteiger partial charge is 0.0194 e. The van der Waals surface area contributed by atoms with Crippen LogP contribution in [0.1, 0.15) is 20.8 Å². The van der Waals surface area contributed by atoms with E-state index in [0.29, 0.717) is 11.2 Å². The van der Waals surface area contributed by atoms with Crippen LogP contribution < -0.4 is 0 Å². The molecule has 1 atom stereocenters. The van der Waals surface area contributed by atoms with Gasteiger partial charge < -0.3 is 0 Å². The Morgan fingerprint density at radius 1 is 1.29 bits per heavy atom. The molecule has 0 N–H and O–H groups in total. The highest BCUT2D eigenvalue weighted by molar-refractivity contribution is 8.21. The predicted molar refractivity (Wildman–Crippen MR) is 37.7 cm³/mol. The van der Waals surface area contributed by atoms with Crippen molar-refractivity contribution in [2.24, 2.45) is 5.92 Å². The Morgan fingerprint density at radius 2 is 1.71 bits per heavy atom. The summed E-state index contributed by atoms with van der Waals surface area (Å²) in [6.07, 6.45) is 0. The Kier molecular flexibility index (Phi) is 3.95. The average molecular weight is 139 g/mol. The maximum Gasteiger partial charge on any atom is 0.0194 e. The molecule has 0 saturated heterocycles. The Morgan fingerprint density at radius 3 is 1.71 bits per heavy atom. The average Bonchev–Trinajstić information content (AvgIpc) is 1.65. The summed E-state index contributed by atoms with van der Waals surface area (Å²) < 4.78 is 0. The van der Waals surface area contributed by atoms with Crippen molar-refractivity contribution >= 4 is 21.7 Å². The third-order valence-electron chi connectivity index (χ3n) is 1.08. The molecule has 0 aromatic rings. The van der Waals surface area contributed by atoms with E-state index in [1.807, 2.05) is 0 Å². The second-order valence-corrected chi connectivity index (χ2v) is 3.49. The predicted octanol–water partition coefficient (Wildman–Crippen LogP) is 2.92. The van der Waals surface area contributed by atoms with Gasteiger partial charge in [-0.3, -0.25) is 0 Å². The number of halogens is 1. The number of hydrogen-bond acceptors (Lipinski definition) is 1. The van der Waals surface area contributed by atoms with Gasteiger partial charge in [0.15, 0.2) is 0 Å². The van der Waals surface area contributed by atoms with Crippen molar-refractivity contribution in [2.45, 2.75) is 26.0 Å².